The number of hydrogen-bond acceptors (Lipinski definition) is 4. The van der Waals surface area contributed by atoms with Gasteiger partial charge in [-0.3, -0.25) is 9.36 Å². The summed E-state index contributed by atoms with van der Waals surface area (Å²) in [5.74, 6) is 0. The van der Waals surface area contributed by atoms with Crippen molar-refractivity contribution < 1.29 is 8.42 Å². The average Bonchev–Trinajstić information content (AvgIpc) is 2.31. The first-order valence-electron chi connectivity index (χ1n) is 4.77. The van der Waals surface area contributed by atoms with Gasteiger partial charge in [-0.05, 0) is 12.1 Å². The van der Waals surface area contributed by atoms with E-state index >= 15 is 0 Å². The minimum absolute atomic E-state index is 0.137. The number of nitrogens with zero attached hydrogens (tertiary/aromatic N) is 2. The minimum atomic E-state index is -4.22. The van der Waals surface area contributed by atoms with E-state index in [1.54, 1.807) is 30.3 Å². The molecule has 1 heterocycles. The van der Waals surface area contributed by atoms with Gasteiger partial charge in [0.05, 0.1) is 6.20 Å². The van der Waals surface area contributed by atoms with Crippen LogP contribution >= 0.6 is 11.6 Å². The van der Waals surface area contributed by atoms with E-state index in [9.17, 15) is 13.2 Å². The van der Waals surface area contributed by atoms with Crippen LogP contribution in [-0.4, -0.2) is 18.0 Å². The number of aromatic nitrogens is 2. The number of primary sulfonamides is 1. The maximum Gasteiger partial charge on any atom is 0.294 e. The summed E-state index contributed by atoms with van der Waals surface area (Å²) < 4.78 is 23.5. The second-order valence-electron chi connectivity index (χ2n) is 3.42. The van der Waals surface area contributed by atoms with Gasteiger partial charge in [-0.25, -0.2) is 18.5 Å². The summed E-state index contributed by atoms with van der Waals surface area (Å²) in [6.07, 6.45) is 1.23. The van der Waals surface area contributed by atoms with E-state index < -0.39 is 20.6 Å². The van der Waals surface area contributed by atoms with Crippen LogP contribution in [0.5, 0.6) is 0 Å². The highest BCUT2D eigenvalue weighted by Crippen LogP contribution is 2.10. The first-order valence-corrected chi connectivity index (χ1v) is 6.69. The number of halogens is 1. The Morgan fingerprint density at radius 3 is 2.39 bits per heavy atom. The van der Waals surface area contributed by atoms with E-state index in [0.29, 0.717) is 5.69 Å². The van der Waals surface area contributed by atoms with Crippen molar-refractivity contribution in [3.8, 4) is 5.69 Å². The molecule has 1 aromatic heterocycles. The smallest absolute Gasteiger partial charge is 0.279 e. The molecular formula is C10H8ClN3O3S. The highest BCUT2D eigenvalue weighted by atomic mass is 35.5. The van der Waals surface area contributed by atoms with Crippen LogP contribution in [0.2, 0.25) is 5.15 Å². The van der Waals surface area contributed by atoms with Gasteiger partial charge in [0.1, 0.15) is 5.15 Å². The van der Waals surface area contributed by atoms with Gasteiger partial charge in [0.2, 0.25) is 5.03 Å². The van der Waals surface area contributed by atoms with Gasteiger partial charge in [0.15, 0.2) is 0 Å². The summed E-state index contributed by atoms with van der Waals surface area (Å²) in [4.78, 5) is 15.4. The molecule has 2 rings (SSSR count). The van der Waals surface area contributed by atoms with Crippen LogP contribution in [-0.2, 0) is 10.0 Å². The molecule has 18 heavy (non-hydrogen) atoms. The fraction of sp³-hybridized carbons (Fsp3) is 0. The van der Waals surface area contributed by atoms with Gasteiger partial charge in [0.25, 0.3) is 15.6 Å². The second kappa shape index (κ2) is 4.52. The Labute approximate surface area is 108 Å². The first-order chi connectivity index (χ1) is 8.39. The van der Waals surface area contributed by atoms with Crippen molar-refractivity contribution in [3.63, 3.8) is 0 Å². The molecule has 2 N–H and O–H groups in total. The topological polar surface area (TPSA) is 95.1 Å². The summed E-state index contributed by atoms with van der Waals surface area (Å²) in [6, 6.07) is 8.42. The third kappa shape index (κ3) is 2.42. The molecule has 0 amide bonds. The molecule has 6 nitrogen and oxygen atoms in total. The summed E-state index contributed by atoms with van der Waals surface area (Å²) in [5, 5.41) is 4.00. The van der Waals surface area contributed by atoms with Crippen molar-refractivity contribution in [3.05, 3.63) is 52.0 Å². The third-order valence-electron chi connectivity index (χ3n) is 2.15. The molecular weight excluding hydrogens is 278 g/mol. The zero-order valence-corrected chi connectivity index (χ0v) is 10.5. The zero-order valence-electron chi connectivity index (χ0n) is 8.95. The lowest BCUT2D eigenvalue weighted by Gasteiger charge is -2.07. The van der Waals surface area contributed by atoms with Crippen molar-refractivity contribution in [2.45, 2.75) is 5.03 Å². The molecule has 2 aromatic rings. The van der Waals surface area contributed by atoms with E-state index in [1.165, 1.54) is 6.20 Å². The van der Waals surface area contributed by atoms with Crippen LogP contribution in [0.25, 0.3) is 5.69 Å². The Balaban J connectivity index is 2.79. The maximum atomic E-state index is 12.0. The van der Waals surface area contributed by atoms with Crippen molar-refractivity contribution in [1.82, 2.24) is 9.55 Å². The molecule has 0 radical (unpaired) electrons. The number of sulfonamides is 1. The fourth-order valence-electron chi connectivity index (χ4n) is 1.41. The standard InChI is InChI=1S/C10H8ClN3O3S/c11-8-6-14(7-4-2-1-3-5-7)10(15)9(13-8)18(12,16)17/h1-6H,(H2,12,16,17). The lowest BCUT2D eigenvalue weighted by Crippen LogP contribution is -2.29. The second-order valence-corrected chi connectivity index (χ2v) is 5.29. The first kappa shape index (κ1) is 12.7. The third-order valence-corrected chi connectivity index (χ3v) is 3.14. The van der Waals surface area contributed by atoms with Crippen LogP contribution in [0.1, 0.15) is 0 Å². The lowest BCUT2D eigenvalue weighted by atomic mass is 10.3. The maximum absolute atomic E-state index is 12.0. The molecule has 94 valence electrons. The van der Waals surface area contributed by atoms with E-state index in [2.05, 4.69) is 4.98 Å². The van der Waals surface area contributed by atoms with Crippen LogP contribution in [0.3, 0.4) is 0 Å². The molecule has 0 aliphatic carbocycles. The number of rotatable bonds is 2. The van der Waals surface area contributed by atoms with Crippen LogP contribution < -0.4 is 10.7 Å². The monoisotopic (exact) mass is 285 g/mol. The molecule has 0 unspecified atom stereocenters. The van der Waals surface area contributed by atoms with Gasteiger partial charge in [-0.1, -0.05) is 29.8 Å². The predicted octanol–water partition coefficient (Wildman–Crippen LogP) is 0.533. The fourth-order valence-corrected chi connectivity index (χ4v) is 2.21. The lowest BCUT2D eigenvalue weighted by molar-refractivity contribution is 0.590. The Hall–Kier alpha value is -1.70. The summed E-state index contributed by atoms with van der Waals surface area (Å²) >= 11 is 5.69. The summed E-state index contributed by atoms with van der Waals surface area (Å²) in [5.41, 5.74) is -0.371. The van der Waals surface area contributed by atoms with Crippen LogP contribution in [0.15, 0.2) is 46.3 Å². The summed E-state index contributed by atoms with van der Waals surface area (Å²) in [6.45, 7) is 0. The molecule has 0 spiro atoms. The molecule has 8 heteroatoms. The van der Waals surface area contributed by atoms with Gasteiger partial charge in [-0.15, -0.1) is 0 Å². The van der Waals surface area contributed by atoms with E-state index in [0.717, 1.165) is 4.57 Å². The SMILES string of the molecule is NS(=O)(=O)c1nc(Cl)cn(-c2ccccc2)c1=O. The van der Waals surface area contributed by atoms with Crippen molar-refractivity contribution in [2.24, 2.45) is 5.14 Å². The van der Waals surface area contributed by atoms with Crippen molar-refractivity contribution in [2.75, 3.05) is 0 Å². The average molecular weight is 286 g/mol. The van der Waals surface area contributed by atoms with Crippen LogP contribution in [0.4, 0.5) is 0 Å². The highest BCUT2D eigenvalue weighted by Gasteiger charge is 2.18. The zero-order chi connectivity index (χ0) is 13.3. The normalized spacial score (nSPS) is 11.4. The molecule has 0 bridgehead atoms. The number of para-hydroxylation sites is 1. The number of nitrogens with two attached hydrogens (primary N) is 1. The molecule has 0 aliphatic heterocycles. The molecule has 0 fully saturated rings. The van der Waals surface area contributed by atoms with E-state index in [-0.39, 0.29) is 5.15 Å². The molecule has 0 saturated carbocycles. The number of benzene rings is 1. The molecule has 0 atom stereocenters. The Morgan fingerprint density at radius 1 is 1.22 bits per heavy atom. The Morgan fingerprint density at radius 2 is 1.83 bits per heavy atom. The quantitative estimate of drug-likeness (QED) is 0.871. The molecule has 0 saturated heterocycles. The largest absolute Gasteiger partial charge is 0.294 e. The minimum Gasteiger partial charge on any atom is -0.279 e. The van der Waals surface area contributed by atoms with E-state index in [4.69, 9.17) is 16.7 Å². The Kier molecular flexibility index (Phi) is 3.20. The number of hydrogen-bond donors (Lipinski definition) is 1. The van der Waals surface area contributed by atoms with Gasteiger partial charge in [-0.2, -0.15) is 0 Å². The van der Waals surface area contributed by atoms with Crippen molar-refractivity contribution in [1.29, 1.82) is 0 Å². The Bertz CT molecular complexity index is 741. The van der Waals surface area contributed by atoms with E-state index in [1.807, 2.05) is 0 Å². The van der Waals surface area contributed by atoms with Crippen molar-refractivity contribution >= 4 is 21.6 Å². The predicted molar refractivity (Wildman–Crippen MR) is 66.2 cm³/mol. The van der Waals surface area contributed by atoms with Crippen LogP contribution in [0, 0.1) is 0 Å². The molecule has 1 aromatic carbocycles. The molecule has 0 aliphatic rings. The van der Waals surface area contributed by atoms with Gasteiger partial charge >= 0.3 is 0 Å². The van der Waals surface area contributed by atoms with Gasteiger partial charge < -0.3 is 0 Å². The summed E-state index contributed by atoms with van der Waals surface area (Å²) in [7, 11) is -4.22. The highest BCUT2D eigenvalue weighted by molar-refractivity contribution is 7.89. The van der Waals surface area contributed by atoms with Gasteiger partial charge in [0, 0.05) is 5.69 Å².